The van der Waals surface area contributed by atoms with Crippen LogP contribution in [-0.4, -0.2) is 20.2 Å². The summed E-state index contributed by atoms with van der Waals surface area (Å²) in [5, 5.41) is 0. The monoisotopic (exact) mass is 344 g/mol. The molecule has 0 unspecified atom stereocenters. The molecule has 1 aromatic carbocycles. The second kappa shape index (κ2) is 8.17. The van der Waals surface area contributed by atoms with Crippen molar-refractivity contribution < 1.29 is 18.7 Å². The molecule has 0 saturated heterocycles. The first-order valence-electron chi connectivity index (χ1n) is 6.20. The summed E-state index contributed by atoms with van der Waals surface area (Å²) in [5.74, 6) is -0.618. The van der Waals surface area contributed by atoms with Crippen LogP contribution in [0.1, 0.15) is 25.0 Å². The number of carbonyl (C=O) groups excluding carboxylic acids is 1. The van der Waals surface area contributed by atoms with Crippen LogP contribution in [0.25, 0.3) is 0 Å². The highest BCUT2D eigenvalue weighted by atomic mass is 79.9. The van der Waals surface area contributed by atoms with Crippen LogP contribution in [0, 0.1) is 11.7 Å². The van der Waals surface area contributed by atoms with Gasteiger partial charge in [0.05, 0.1) is 19.6 Å². The van der Waals surface area contributed by atoms with E-state index in [4.69, 9.17) is 4.74 Å². The van der Waals surface area contributed by atoms with Crippen molar-refractivity contribution in [3.05, 3.63) is 46.2 Å². The summed E-state index contributed by atoms with van der Waals surface area (Å²) in [6.07, 6.45) is 3.51. The van der Waals surface area contributed by atoms with E-state index in [0.29, 0.717) is 0 Å². The smallest absolute Gasteiger partial charge is 0.309 e. The van der Waals surface area contributed by atoms with E-state index in [1.165, 1.54) is 19.2 Å². The van der Waals surface area contributed by atoms with Gasteiger partial charge >= 0.3 is 5.97 Å². The van der Waals surface area contributed by atoms with Gasteiger partial charge in [-0.05, 0) is 23.8 Å². The largest absolute Gasteiger partial charge is 0.469 e. The Morgan fingerprint density at radius 1 is 1.45 bits per heavy atom. The van der Waals surface area contributed by atoms with E-state index in [2.05, 4.69) is 20.7 Å². The van der Waals surface area contributed by atoms with E-state index in [0.717, 1.165) is 10.0 Å². The number of hydrogen-bond acceptors (Lipinski definition) is 3. The number of hydrogen-bond donors (Lipinski definition) is 0. The molecular formula is C15H18BrFO3. The highest BCUT2D eigenvalue weighted by Crippen LogP contribution is 2.32. The molecule has 20 heavy (non-hydrogen) atoms. The average Bonchev–Trinajstić information content (AvgIpc) is 2.43. The van der Waals surface area contributed by atoms with Gasteiger partial charge in [0.15, 0.2) is 0 Å². The molecule has 110 valence electrons. The molecule has 0 amide bonds. The van der Waals surface area contributed by atoms with Crippen molar-refractivity contribution in [1.29, 1.82) is 0 Å². The summed E-state index contributed by atoms with van der Waals surface area (Å²) in [6, 6.07) is 4.49. The molecule has 2 atom stereocenters. The molecule has 1 rings (SSSR count). The molecule has 0 aliphatic rings. The number of methoxy groups -OCH3 is 2. The summed E-state index contributed by atoms with van der Waals surface area (Å²) in [7, 11) is 2.92. The zero-order valence-electron chi connectivity index (χ0n) is 11.7. The lowest BCUT2D eigenvalue weighted by molar-refractivity contribution is -0.139. The predicted octanol–water partition coefficient (Wildman–Crippen LogP) is 4.03. The van der Waals surface area contributed by atoms with E-state index < -0.39 is 0 Å². The zero-order valence-corrected chi connectivity index (χ0v) is 13.3. The van der Waals surface area contributed by atoms with E-state index >= 15 is 0 Å². The highest BCUT2D eigenvalue weighted by Gasteiger charge is 2.20. The van der Waals surface area contributed by atoms with Crippen LogP contribution in [0.4, 0.5) is 4.39 Å². The molecule has 0 heterocycles. The SMILES string of the molecule is COC(=O)C/C=C/[C@@H](C)[C@H](OC)c1cc(F)ccc1Br. The summed E-state index contributed by atoms with van der Waals surface area (Å²) in [6.45, 7) is 1.94. The second-order valence-corrected chi connectivity index (χ2v) is 5.24. The van der Waals surface area contributed by atoms with Crippen molar-refractivity contribution in [3.8, 4) is 0 Å². The van der Waals surface area contributed by atoms with E-state index in [-0.39, 0.29) is 30.2 Å². The second-order valence-electron chi connectivity index (χ2n) is 4.39. The first-order chi connectivity index (χ1) is 9.49. The van der Waals surface area contributed by atoms with Crippen LogP contribution < -0.4 is 0 Å². The van der Waals surface area contributed by atoms with Crippen molar-refractivity contribution in [2.75, 3.05) is 14.2 Å². The first kappa shape index (κ1) is 16.9. The maximum absolute atomic E-state index is 13.4. The van der Waals surface area contributed by atoms with Crippen LogP contribution in [0.2, 0.25) is 0 Å². The molecule has 5 heteroatoms. The maximum atomic E-state index is 13.4. The number of esters is 1. The Morgan fingerprint density at radius 3 is 2.75 bits per heavy atom. The van der Waals surface area contributed by atoms with Gasteiger partial charge in [-0.3, -0.25) is 4.79 Å². The maximum Gasteiger partial charge on any atom is 0.309 e. The van der Waals surface area contributed by atoms with Crippen LogP contribution in [0.15, 0.2) is 34.8 Å². The number of halogens is 2. The molecule has 1 aromatic rings. The molecule has 3 nitrogen and oxygen atoms in total. The van der Waals surface area contributed by atoms with Crippen LogP contribution in [0.5, 0.6) is 0 Å². The van der Waals surface area contributed by atoms with Crippen molar-refractivity contribution in [2.24, 2.45) is 5.92 Å². The molecule has 0 aromatic heterocycles. The lowest BCUT2D eigenvalue weighted by Crippen LogP contribution is -2.11. The number of ether oxygens (including phenoxy) is 2. The molecule has 0 aliphatic carbocycles. The van der Waals surface area contributed by atoms with Gasteiger partial charge < -0.3 is 9.47 Å². The Kier molecular flexibility index (Phi) is 6.88. The molecule has 0 bridgehead atoms. The fourth-order valence-electron chi connectivity index (χ4n) is 1.92. The van der Waals surface area contributed by atoms with Gasteiger partial charge in [0.2, 0.25) is 0 Å². The summed E-state index contributed by atoms with van der Waals surface area (Å²) in [5.41, 5.74) is 0.739. The van der Waals surface area contributed by atoms with Crippen molar-refractivity contribution >= 4 is 21.9 Å². The minimum absolute atomic E-state index is 0.0113. The first-order valence-corrected chi connectivity index (χ1v) is 7.00. The summed E-state index contributed by atoms with van der Waals surface area (Å²) in [4.78, 5) is 11.0. The number of benzene rings is 1. The molecule has 0 spiro atoms. The molecule has 0 saturated carbocycles. The minimum atomic E-state index is -0.309. The number of carbonyl (C=O) groups is 1. The van der Waals surface area contributed by atoms with Crippen LogP contribution >= 0.6 is 15.9 Å². The zero-order chi connectivity index (χ0) is 15.1. The number of rotatable bonds is 6. The fraction of sp³-hybridized carbons (Fsp3) is 0.400. The van der Waals surface area contributed by atoms with Crippen molar-refractivity contribution in [2.45, 2.75) is 19.4 Å². The Hall–Kier alpha value is -1.20. The average molecular weight is 345 g/mol. The van der Waals surface area contributed by atoms with Crippen molar-refractivity contribution in [1.82, 2.24) is 0 Å². The Labute approximate surface area is 126 Å². The van der Waals surface area contributed by atoms with Gasteiger partial charge in [-0.25, -0.2) is 4.39 Å². The van der Waals surface area contributed by atoms with Gasteiger partial charge in [-0.15, -0.1) is 0 Å². The standard InChI is InChI=1S/C15H18BrFO3/c1-10(5-4-6-14(18)19-2)15(20-3)12-9-11(17)7-8-13(12)16/h4-5,7-10,15H,6H2,1-3H3/b5-4+/t10-,15+/m1/s1. The lowest BCUT2D eigenvalue weighted by atomic mass is 9.96. The predicted molar refractivity (Wildman–Crippen MR) is 78.8 cm³/mol. The van der Waals surface area contributed by atoms with Crippen molar-refractivity contribution in [3.63, 3.8) is 0 Å². The van der Waals surface area contributed by atoms with E-state index in [1.54, 1.807) is 19.3 Å². The Morgan fingerprint density at radius 2 is 2.15 bits per heavy atom. The third kappa shape index (κ3) is 4.72. The quantitative estimate of drug-likeness (QED) is 0.577. The molecule has 0 fully saturated rings. The van der Waals surface area contributed by atoms with Gasteiger partial charge in [-0.1, -0.05) is 35.0 Å². The lowest BCUT2D eigenvalue weighted by Gasteiger charge is -2.21. The molecule has 0 aliphatic heterocycles. The Balaban J connectivity index is 2.84. The third-order valence-electron chi connectivity index (χ3n) is 2.95. The fourth-order valence-corrected chi connectivity index (χ4v) is 2.39. The summed E-state index contributed by atoms with van der Waals surface area (Å²) < 4.78 is 24.2. The Bertz CT molecular complexity index is 488. The highest BCUT2D eigenvalue weighted by molar-refractivity contribution is 9.10. The molecule has 0 radical (unpaired) electrons. The van der Waals surface area contributed by atoms with Gasteiger partial charge in [0.1, 0.15) is 5.82 Å². The van der Waals surface area contributed by atoms with E-state index in [9.17, 15) is 9.18 Å². The molecular weight excluding hydrogens is 327 g/mol. The topological polar surface area (TPSA) is 35.5 Å². The minimum Gasteiger partial charge on any atom is -0.469 e. The van der Waals surface area contributed by atoms with Crippen LogP contribution in [-0.2, 0) is 14.3 Å². The van der Waals surface area contributed by atoms with Gasteiger partial charge in [0, 0.05) is 17.5 Å². The van der Waals surface area contributed by atoms with Crippen LogP contribution in [0.3, 0.4) is 0 Å². The third-order valence-corrected chi connectivity index (χ3v) is 3.67. The van der Waals surface area contributed by atoms with Gasteiger partial charge in [0.25, 0.3) is 0 Å². The van der Waals surface area contributed by atoms with Gasteiger partial charge in [-0.2, -0.15) is 0 Å². The normalized spacial score (nSPS) is 14.2. The van der Waals surface area contributed by atoms with E-state index in [1.807, 2.05) is 13.0 Å². The molecule has 0 N–H and O–H groups in total. The summed E-state index contributed by atoms with van der Waals surface area (Å²) >= 11 is 3.40.